The van der Waals surface area contributed by atoms with Gasteiger partial charge in [-0.2, -0.15) is 0 Å². The molecule has 5 heteroatoms. The molecule has 0 atom stereocenters. The van der Waals surface area contributed by atoms with E-state index in [1.807, 2.05) is 18.3 Å². The molecule has 20 heavy (non-hydrogen) atoms. The van der Waals surface area contributed by atoms with Crippen LogP contribution in [0.1, 0.15) is 24.2 Å². The Balaban J connectivity index is 1.68. The van der Waals surface area contributed by atoms with Gasteiger partial charge in [-0.25, -0.2) is 4.98 Å². The van der Waals surface area contributed by atoms with Gasteiger partial charge in [0, 0.05) is 36.4 Å². The monoisotopic (exact) mass is 268 g/mol. The Morgan fingerprint density at radius 1 is 1.30 bits per heavy atom. The van der Waals surface area contributed by atoms with Gasteiger partial charge in [0.1, 0.15) is 5.65 Å². The average Bonchev–Trinajstić information content (AvgIpc) is 3.05. The minimum Gasteiger partial charge on any atom is -0.359 e. The highest BCUT2D eigenvalue weighted by Gasteiger charge is 2.21. The standard InChI is InChI=1S/C15H16N4O/c1-2-14-11(8-17-12-3-4-12)9-19(15(14)16-6-1)10-13-5-7-18-20-13/h1-2,5-7,9,12,17H,3-4,8,10H2. The Bertz CT molecular complexity index is 713. The first-order valence-electron chi connectivity index (χ1n) is 6.96. The van der Waals surface area contributed by atoms with Crippen LogP contribution in [0.25, 0.3) is 11.0 Å². The molecule has 3 aromatic rings. The molecule has 1 aliphatic carbocycles. The van der Waals surface area contributed by atoms with Gasteiger partial charge in [0.25, 0.3) is 0 Å². The molecule has 0 bridgehead atoms. The molecule has 1 fully saturated rings. The Hall–Kier alpha value is -2.14. The zero-order valence-electron chi connectivity index (χ0n) is 11.1. The van der Waals surface area contributed by atoms with Crippen LogP contribution in [0.15, 0.2) is 41.3 Å². The molecule has 3 heterocycles. The molecular weight excluding hydrogens is 252 g/mol. The molecule has 102 valence electrons. The van der Waals surface area contributed by atoms with E-state index in [9.17, 15) is 0 Å². The summed E-state index contributed by atoms with van der Waals surface area (Å²) >= 11 is 0. The molecule has 0 saturated heterocycles. The Morgan fingerprint density at radius 3 is 3.05 bits per heavy atom. The third-order valence-electron chi connectivity index (χ3n) is 3.69. The van der Waals surface area contributed by atoms with Crippen LogP contribution in [0.2, 0.25) is 0 Å². The molecule has 0 spiro atoms. The fourth-order valence-corrected chi connectivity index (χ4v) is 2.49. The van der Waals surface area contributed by atoms with Crippen molar-refractivity contribution in [2.75, 3.05) is 0 Å². The average molecular weight is 268 g/mol. The highest BCUT2D eigenvalue weighted by atomic mass is 16.5. The number of nitrogens with one attached hydrogen (secondary N) is 1. The smallest absolute Gasteiger partial charge is 0.156 e. The second-order valence-corrected chi connectivity index (χ2v) is 5.29. The summed E-state index contributed by atoms with van der Waals surface area (Å²) in [5.41, 5.74) is 2.29. The normalized spacial score (nSPS) is 15.0. The maximum absolute atomic E-state index is 5.19. The summed E-state index contributed by atoms with van der Waals surface area (Å²) in [7, 11) is 0. The highest BCUT2D eigenvalue weighted by Crippen LogP contribution is 2.23. The van der Waals surface area contributed by atoms with Crippen molar-refractivity contribution < 1.29 is 4.52 Å². The van der Waals surface area contributed by atoms with Crippen molar-refractivity contribution in [3.8, 4) is 0 Å². The van der Waals surface area contributed by atoms with Crippen LogP contribution in [0.5, 0.6) is 0 Å². The molecule has 0 amide bonds. The van der Waals surface area contributed by atoms with Crippen LogP contribution in [0.4, 0.5) is 0 Å². The molecule has 1 saturated carbocycles. The molecule has 0 unspecified atom stereocenters. The SMILES string of the molecule is c1cnc2c(c1)c(CNC1CC1)cn2Cc1ccno1. The van der Waals surface area contributed by atoms with Gasteiger partial charge in [0.15, 0.2) is 5.76 Å². The van der Waals surface area contributed by atoms with Gasteiger partial charge in [-0.15, -0.1) is 0 Å². The minimum atomic E-state index is 0.664. The van der Waals surface area contributed by atoms with Gasteiger partial charge in [-0.05, 0) is 30.5 Å². The summed E-state index contributed by atoms with van der Waals surface area (Å²) in [6, 6.07) is 6.71. The van der Waals surface area contributed by atoms with Gasteiger partial charge < -0.3 is 14.4 Å². The third-order valence-corrected chi connectivity index (χ3v) is 3.69. The third kappa shape index (κ3) is 2.20. The van der Waals surface area contributed by atoms with Crippen molar-refractivity contribution in [2.45, 2.75) is 32.0 Å². The van der Waals surface area contributed by atoms with Gasteiger partial charge in [-0.3, -0.25) is 0 Å². The summed E-state index contributed by atoms with van der Waals surface area (Å²) in [5, 5.41) is 8.52. The van der Waals surface area contributed by atoms with Crippen LogP contribution in [0, 0.1) is 0 Å². The number of aromatic nitrogens is 3. The summed E-state index contributed by atoms with van der Waals surface area (Å²) in [5.74, 6) is 0.842. The molecule has 1 aliphatic rings. The Morgan fingerprint density at radius 2 is 2.25 bits per heavy atom. The molecule has 0 aromatic carbocycles. The van der Waals surface area contributed by atoms with Crippen LogP contribution < -0.4 is 5.32 Å². The predicted octanol–water partition coefficient (Wildman–Crippen LogP) is 2.32. The zero-order chi connectivity index (χ0) is 13.4. The molecule has 3 aromatic heterocycles. The van der Waals surface area contributed by atoms with Gasteiger partial charge in [0.05, 0.1) is 12.7 Å². The number of hydrogen-bond donors (Lipinski definition) is 1. The number of hydrogen-bond acceptors (Lipinski definition) is 4. The number of nitrogens with zero attached hydrogens (tertiary/aromatic N) is 3. The van der Waals surface area contributed by atoms with Gasteiger partial charge in [-0.1, -0.05) is 5.16 Å². The van der Waals surface area contributed by atoms with E-state index in [1.54, 1.807) is 6.20 Å². The molecule has 0 aliphatic heterocycles. The maximum atomic E-state index is 5.19. The number of pyridine rings is 1. The quantitative estimate of drug-likeness (QED) is 0.771. The largest absolute Gasteiger partial charge is 0.359 e. The number of fused-ring (bicyclic) bond motifs is 1. The van der Waals surface area contributed by atoms with Gasteiger partial charge in [0.2, 0.25) is 0 Å². The first-order chi connectivity index (χ1) is 9.90. The van der Waals surface area contributed by atoms with Crippen molar-refractivity contribution in [3.05, 3.63) is 48.1 Å². The van der Waals surface area contributed by atoms with E-state index in [1.165, 1.54) is 23.8 Å². The van der Waals surface area contributed by atoms with Crippen molar-refractivity contribution in [3.63, 3.8) is 0 Å². The first-order valence-corrected chi connectivity index (χ1v) is 6.96. The lowest BCUT2D eigenvalue weighted by Crippen LogP contribution is -2.14. The van der Waals surface area contributed by atoms with Crippen LogP contribution in [-0.2, 0) is 13.1 Å². The van der Waals surface area contributed by atoms with E-state index in [2.05, 4.69) is 32.3 Å². The lowest BCUT2D eigenvalue weighted by molar-refractivity contribution is 0.377. The molecule has 5 nitrogen and oxygen atoms in total. The Kier molecular flexibility index (Phi) is 2.77. The number of rotatable bonds is 5. The maximum Gasteiger partial charge on any atom is 0.156 e. The van der Waals surface area contributed by atoms with Crippen LogP contribution in [-0.4, -0.2) is 20.7 Å². The van der Waals surface area contributed by atoms with E-state index in [4.69, 9.17) is 4.52 Å². The lowest BCUT2D eigenvalue weighted by Gasteiger charge is -2.00. The predicted molar refractivity (Wildman–Crippen MR) is 75.2 cm³/mol. The summed E-state index contributed by atoms with van der Waals surface area (Å²) in [6.07, 6.45) is 8.26. The Labute approximate surface area is 116 Å². The lowest BCUT2D eigenvalue weighted by atomic mass is 10.2. The van der Waals surface area contributed by atoms with Crippen LogP contribution >= 0.6 is 0 Å². The molecule has 4 rings (SSSR count). The zero-order valence-corrected chi connectivity index (χ0v) is 11.1. The van der Waals surface area contributed by atoms with E-state index in [-0.39, 0.29) is 0 Å². The molecular formula is C15H16N4O. The van der Waals surface area contributed by atoms with Crippen molar-refractivity contribution >= 4 is 11.0 Å². The van der Waals surface area contributed by atoms with Crippen molar-refractivity contribution in [1.29, 1.82) is 0 Å². The van der Waals surface area contributed by atoms with Crippen molar-refractivity contribution in [2.24, 2.45) is 0 Å². The second-order valence-electron chi connectivity index (χ2n) is 5.29. The highest BCUT2D eigenvalue weighted by molar-refractivity contribution is 5.80. The summed E-state index contributed by atoms with van der Waals surface area (Å²) in [4.78, 5) is 4.50. The molecule has 1 N–H and O–H groups in total. The van der Waals surface area contributed by atoms with E-state index < -0.39 is 0 Å². The van der Waals surface area contributed by atoms with Crippen LogP contribution in [0.3, 0.4) is 0 Å². The fraction of sp³-hybridized carbons (Fsp3) is 0.333. The summed E-state index contributed by atoms with van der Waals surface area (Å²) in [6.45, 7) is 1.56. The minimum absolute atomic E-state index is 0.664. The van der Waals surface area contributed by atoms with E-state index in [0.717, 1.165) is 18.0 Å². The van der Waals surface area contributed by atoms with E-state index in [0.29, 0.717) is 12.6 Å². The van der Waals surface area contributed by atoms with Crippen molar-refractivity contribution in [1.82, 2.24) is 20.0 Å². The second kappa shape index (κ2) is 4.76. The molecule has 0 radical (unpaired) electrons. The first kappa shape index (κ1) is 11.7. The topological polar surface area (TPSA) is 55.9 Å². The van der Waals surface area contributed by atoms with E-state index >= 15 is 0 Å². The fourth-order valence-electron chi connectivity index (χ4n) is 2.49. The van der Waals surface area contributed by atoms with Gasteiger partial charge >= 0.3 is 0 Å². The summed E-state index contributed by atoms with van der Waals surface area (Å²) < 4.78 is 7.31.